The van der Waals surface area contributed by atoms with Gasteiger partial charge >= 0.3 is 0 Å². The van der Waals surface area contributed by atoms with Crippen LogP contribution in [0.25, 0.3) is 10.9 Å². The minimum Gasteiger partial charge on any atom is -0.353 e. The smallest absolute Gasteiger partial charge is 0.221 e. The molecular weight excluding hydrogens is 428 g/mol. The second-order valence-electron chi connectivity index (χ2n) is 9.06. The van der Waals surface area contributed by atoms with Crippen LogP contribution in [0.5, 0.6) is 0 Å². The Morgan fingerprint density at radius 1 is 1.09 bits per heavy atom. The maximum atomic E-state index is 13.1. The Morgan fingerprint density at radius 2 is 1.85 bits per heavy atom. The molecule has 2 heterocycles. The van der Waals surface area contributed by atoms with E-state index in [1.54, 1.807) is 11.3 Å². The number of aromatic nitrogens is 2. The first-order valence-electron chi connectivity index (χ1n) is 11.7. The van der Waals surface area contributed by atoms with Crippen molar-refractivity contribution in [3.05, 3.63) is 88.5 Å². The molecule has 2 aromatic carbocycles. The van der Waals surface area contributed by atoms with Gasteiger partial charge in [-0.3, -0.25) is 4.79 Å². The number of carbonyl (C=O) groups excluding carboxylic acids is 1. The van der Waals surface area contributed by atoms with Gasteiger partial charge in [-0.2, -0.15) is 0 Å². The van der Waals surface area contributed by atoms with E-state index in [1.165, 1.54) is 16.5 Å². The van der Waals surface area contributed by atoms with Gasteiger partial charge in [-0.05, 0) is 42.9 Å². The number of nitrogens with zero attached hydrogens (tertiary/aromatic N) is 2. The Labute approximate surface area is 198 Å². The lowest BCUT2D eigenvalue weighted by atomic mass is 9.90. The van der Waals surface area contributed by atoms with Gasteiger partial charge in [0.15, 0.2) is 0 Å². The molecule has 0 bridgehead atoms. The van der Waals surface area contributed by atoms with Gasteiger partial charge in [0.2, 0.25) is 5.91 Å². The van der Waals surface area contributed by atoms with Crippen molar-refractivity contribution in [3.8, 4) is 0 Å². The first kappa shape index (κ1) is 21.9. The molecule has 33 heavy (non-hydrogen) atoms. The van der Waals surface area contributed by atoms with E-state index in [0.29, 0.717) is 6.42 Å². The zero-order valence-electron chi connectivity index (χ0n) is 18.7. The second kappa shape index (κ2) is 9.89. The molecule has 0 aliphatic heterocycles. The van der Waals surface area contributed by atoms with Crippen molar-refractivity contribution in [1.29, 1.82) is 0 Å². The third kappa shape index (κ3) is 5.02. The average molecular weight is 459 g/mol. The first-order valence-corrected chi connectivity index (χ1v) is 12.7. The standard InChI is InChI=1S/C27H30N4OS/c28-20-10-12-21(13-11-20)30-27(32)14-23(25-17-33-18-29-25)24-16-31(15-19-6-2-1-3-7-19)26-9-5-4-8-22(24)26/h1-9,16-18,20-21,23H,10-15,28H2,(H,30,32)/t20-,21+,23?. The summed E-state index contributed by atoms with van der Waals surface area (Å²) >= 11 is 1.58. The summed E-state index contributed by atoms with van der Waals surface area (Å²) in [5, 5.41) is 6.52. The summed E-state index contributed by atoms with van der Waals surface area (Å²) in [7, 11) is 0. The summed E-state index contributed by atoms with van der Waals surface area (Å²) in [6.07, 6.45) is 6.50. The summed E-state index contributed by atoms with van der Waals surface area (Å²) < 4.78 is 2.29. The molecule has 5 nitrogen and oxygen atoms in total. The normalized spacial score (nSPS) is 19.4. The number of nitrogens with two attached hydrogens (primary N) is 1. The molecule has 0 saturated heterocycles. The molecule has 5 rings (SSSR count). The summed E-state index contributed by atoms with van der Waals surface area (Å²) in [5.41, 5.74) is 12.4. The molecular formula is C27H30N4OS. The van der Waals surface area contributed by atoms with Crippen LogP contribution in [0.3, 0.4) is 0 Å². The van der Waals surface area contributed by atoms with Gasteiger partial charge in [-0.25, -0.2) is 4.98 Å². The number of nitrogens with one attached hydrogen (secondary N) is 1. The number of hydrogen-bond acceptors (Lipinski definition) is 4. The number of fused-ring (bicyclic) bond motifs is 1. The molecule has 1 saturated carbocycles. The molecule has 4 aromatic rings. The number of para-hydroxylation sites is 1. The van der Waals surface area contributed by atoms with Gasteiger partial charge in [-0.15, -0.1) is 11.3 Å². The van der Waals surface area contributed by atoms with Crippen molar-refractivity contribution in [2.75, 3.05) is 0 Å². The van der Waals surface area contributed by atoms with Crippen LogP contribution in [-0.4, -0.2) is 27.5 Å². The molecule has 1 atom stereocenters. The third-order valence-corrected chi connectivity index (χ3v) is 7.33. The summed E-state index contributed by atoms with van der Waals surface area (Å²) in [6, 6.07) is 19.5. The van der Waals surface area contributed by atoms with Crippen molar-refractivity contribution in [2.24, 2.45) is 5.73 Å². The van der Waals surface area contributed by atoms with E-state index in [9.17, 15) is 4.79 Å². The zero-order valence-corrected chi connectivity index (χ0v) is 19.5. The van der Waals surface area contributed by atoms with Crippen LogP contribution in [0.1, 0.15) is 54.8 Å². The Hall–Kier alpha value is -2.96. The fourth-order valence-corrected chi connectivity index (χ4v) is 5.58. The summed E-state index contributed by atoms with van der Waals surface area (Å²) in [5.74, 6) is 0.0115. The van der Waals surface area contributed by atoms with Gasteiger partial charge in [0.25, 0.3) is 0 Å². The zero-order chi connectivity index (χ0) is 22.6. The van der Waals surface area contributed by atoms with E-state index in [-0.39, 0.29) is 23.9 Å². The van der Waals surface area contributed by atoms with Crippen LogP contribution < -0.4 is 11.1 Å². The molecule has 170 valence electrons. The van der Waals surface area contributed by atoms with Crippen molar-refractivity contribution >= 4 is 28.1 Å². The van der Waals surface area contributed by atoms with Crippen LogP contribution in [0, 0.1) is 0 Å². The number of carbonyl (C=O) groups is 1. The lowest BCUT2D eigenvalue weighted by Crippen LogP contribution is -2.40. The van der Waals surface area contributed by atoms with Crippen LogP contribution >= 0.6 is 11.3 Å². The molecule has 0 spiro atoms. The monoisotopic (exact) mass is 458 g/mol. The predicted octanol–water partition coefficient (Wildman–Crippen LogP) is 5.05. The van der Waals surface area contributed by atoms with Crippen molar-refractivity contribution in [1.82, 2.24) is 14.9 Å². The Kier molecular flexibility index (Phi) is 6.55. The van der Waals surface area contributed by atoms with E-state index in [4.69, 9.17) is 5.73 Å². The quantitative estimate of drug-likeness (QED) is 0.407. The van der Waals surface area contributed by atoms with Crippen LogP contribution in [-0.2, 0) is 11.3 Å². The van der Waals surface area contributed by atoms with E-state index in [2.05, 4.69) is 75.0 Å². The van der Waals surface area contributed by atoms with E-state index < -0.39 is 0 Å². The fourth-order valence-electron chi connectivity index (χ4n) is 4.97. The maximum absolute atomic E-state index is 13.1. The lowest BCUT2D eigenvalue weighted by Gasteiger charge is -2.27. The highest BCUT2D eigenvalue weighted by atomic mass is 32.1. The minimum atomic E-state index is -0.0796. The largest absolute Gasteiger partial charge is 0.353 e. The minimum absolute atomic E-state index is 0.0796. The number of amides is 1. The average Bonchev–Trinajstić information content (AvgIpc) is 3.49. The lowest BCUT2D eigenvalue weighted by molar-refractivity contribution is -0.122. The second-order valence-corrected chi connectivity index (χ2v) is 9.78. The van der Waals surface area contributed by atoms with Gasteiger partial charge < -0.3 is 15.6 Å². The number of hydrogen-bond donors (Lipinski definition) is 2. The number of rotatable bonds is 7. The molecule has 0 radical (unpaired) electrons. The van der Waals surface area contributed by atoms with E-state index >= 15 is 0 Å². The number of benzene rings is 2. The van der Waals surface area contributed by atoms with Crippen molar-refractivity contribution in [3.63, 3.8) is 0 Å². The van der Waals surface area contributed by atoms with Gasteiger partial charge in [-0.1, -0.05) is 48.5 Å². The Balaban J connectivity index is 1.44. The topological polar surface area (TPSA) is 72.9 Å². The van der Waals surface area contributed by atoms with Crippen LogP contribution in [0.4, 0.5) is 0 Å². The molecule has 1 aliphatic carbocycles. The molecule has 1 fully saturated rings. The fraction of sp³-hybridized carbons (Fsp3) is 0.333. The molecule has 3 N–H and O–H groups in total. The Morgan fingerprint density at radius 3 is 2.61 bits per heavy atom. The molecule has 1 aliphatic rings. The van der Waals surface area contributed by atoms with Crippen molar-refractivity contribution in [2.45, 2.75) is 56.7 Å². The number of thiazole rings is 1. The third-order valence-electron chi connectivity index (χ3n) is 6.73. The van der Waals surface area contributed by atoms with E-state index in [1.807, 2.05) is 11.6 Å². The van der Waals surface area contributed by atoms with Crippen molar-refractivity contribution < 1.29 is 4.79 Å². The summed E-state index contributed by atoms with van der Waals surface area (Å²) in [4.78, 5) is 17.7. The predicted molar refractivity (Wildman–Crippen MR) is 134 cm³/mol. The first-order chi connectivity index (χ1) is 16.2. The molecule has 6 heteroatoms. The Bertz CT molecular complexity index is 1190. The molecule has 1 unspecified atom stereocenters. The van der Waals surface area contributed by atoms with Gasteiger partial charge in [0, 0.05) is 53.4 Å². The van der Waals surface area contributed by atoms with Gasteiger partial charge in [0.05, 0.1) is 11.2 Å². The highest BCUT2D eigenvalue weighted by Crippen LogP contribution is 2.35. The highest BCUT2D eigenvalue weighted by Gasteiger charge is 2.26. The SMILES string of the molecule is N[C@H]1CC[C@@H](NC(=O)CC(c2cscn2)c2cn(Cc3ccccc3)c3ccccc23)CC1. The van der Waals surface area contributed by atoms with E-state index in [0.717, 1.165) is 43.5 Å². The van der Waals surface area contributed by atoms with Crippen LogP contribution in [0.2, 0.25) is 0 Å². The molecule has 2 aromatic heterocycles. The maximum Gasteiger partial charge on any atom is 0.221 e. The van der Waals surface area contributed by atoms with Gasteiger partial charge in [0.1, 0.15) is 0 Å². The highest BCUT2D eigenvalue weighted by molar-refractivity contribution is 7.07. The summed E-state index contributed by atoms with van der Waals surface area (Å²) in [6.45, 7) is 0.791. The van der Waals surface area contributed by atoms with Crippen LogP contribution in [0.15, 0.2) is 71.7 Å². The molecule has 1 amide bonds.